The van der Waals surface area contributed by atoms with E-state index in [0.717, 1.165) is 19.3 Å². The van der Waals surface area contributed by atoms with Crippen LogP contribution >= 0.6 is 0 Å². The molecule has 2 N–H and O–H groups in total. The van der Waals surface area contributed by atoms with Gasteiger partial charge in [-0.05, 0) is 25.2 Å². The zero-order chi connectivity index (χ0) is 15.9. The maximum atomic E-state index is 11.4. The van der Waals surface area contributed by atoms with Crippen molar-refractivity contribution in [3.63, 3.8) is 0 Å². The largest absolute Gasteiger partial charge is 0.389 e. The Morgan fingerprint density at radius 2 is 1.71 bits per heavy atom. The number of carbonyl (C=O) groups excluding carboxylic acids is 1. The van der Waals surface area contributed by atoms with Gasteiger partial charge in [0.2, 0.25) is 5.91 Å². The molecular weight excluding hydrogens is 262 g/mol. The third-order valence-corrected chi connectivity index (χ3v) is 2.68. The van der Waals surface area contributed by atoms with Crippen LogP contribution in [0.15, 0.2) is 48.6 Å². The molecule has 1 atom stereocenters. The minimum atomic E-state index is -0.346. The number of nitrogens with one attached hydrogen (secondary N) is 1. The second-order valence-corrected chi connectivity index (χ2v) is 5.29. The Labute approximate surface area is 129 Å². The van der Waals surface area contributed by atoms with E-state index in [-0.39, 0.29) is 12.0 Å². The quantitative estimate of drug-likeness (QED) is 0.367. The second-order valence-electron chi connectivity index (χ2n) is 5.29. The summed E-state index contributed by atoms with van der Waals surface area (Å²) in [5.74, 6) is 0.421. The predicted molar refractivity (Wildman–Crippen MR) is 89.9 cm³/mol. The normalized spacial score (nSPS) is 14.1. The summed E-state index contributed by atoms with van der Waals surface area (Å²) in [4.78, 5) is 11.4. The van der Waals surface area contributed by atoms with E-state index < -0.39 is 0 Å². The summed E-state index contributed by atoms with van der Waals surface area (Å²) < 4.78 is 0. The fourth-order valence-corrected chi connectivity index (χ4v) is 1.38. The van der Waals surface area contributed by atoms with Crippen LogP contribution in [0.5, 0.6) is 0 Å². The van der Waals surface area contributed by atoms with Gasteiger partial charge in [0.05, 0.1) is 6.10 Å². The highest BCUT2D eigenvalue weighted by atomic mass is 16.3. The molecule has 0 aromatic rings. The topological polar surface area (TPSA) is 49.3 Å². The first kappa shape index (κ1) is 19.4. The molecule has 1 unspecified atom stereocenters. The molecule has 0 saturated heterocycles. The number of amides is 1. The Bertz CT molecular complexity index is 379. The van der Waals surface area contributed by atoms with Crippen molar-refractivity contribution in [2.75, 3.05) is 6.54 Å². The molecule has 0 radical (unpaired) electrons. The van der Waals surface area contributed by atoms with Crippen molar-refractivity contribution in [2.24, 2.45) is 5.92 Å². The molecule has 1 amide bonds. The van der Waals surface area contributed by atoms with Gasteiger partial charge in [0.15, 0.2) is 0 Å². The van der Waals surface area contributed by atoms with E-state index in [1.54, 1.807) is 18.2 Å². The van der Waals surface area contributed by atoms with Gasteiger partial charge in [0.1, 0.15) is 0 Å². The fraction of sp³-hybridized carbons (Fsp3) is 0.500. The van der Waals surface area contributed by atoms with E-state index in [4.69, 9.17) is 0 Å². The molecular formula is C18H29NO2. The molecule has 3 nitrogen and oxygen atoms in total. The molecule has 0 aliphatic rings. The Morgan fingerprint density at radius 3 is 2.29 bits per heavy atom. The van der Waals surface area contributed by atoms with E-state index in [1.165, 1.54) is 0 Å². The van der Waals surface area contributed by atoms with Crippen molar-refractivity contribution in [1.29, 1.82) is 0 Å². The lowest BCUT2D eigenvalue weighted by atomic mass is 10.2. The Morgan fingerprint density at radius 1 is 1.10 bits per heavy atom. The third-order valence-electron chi connectivity index (χ3n) is 2.68. The zero-order valence-corrected chi connectivity index (χ0v) is 13.5. The summed E-state index contributed by atoms with van der Waals surface area (Å²) in [6, 6.07) is 0. The SMILES string of the molecule is CCC(O)C=CC=CCCC=CC=CC(=O)NCC(C)C. The maximum absolute atomic E-state index is 11.4. The number of unbranched alkanes of at least 4 members (excludes halogenated alkanes) is 1. The smallest absolute Gasteiger partial charge is 0.243 e. The molecule has 21 heavy (non-hydrogen) atoms. The van der Waals surface area contributed by atoms with Crippen LogP contribution in [0.25, 0.3) is 0 Å². The first-order chi connectivity index (χ1) is 10.1. The fourth-order valence-electron chi connectivity index (χ4n) is 1.38. The Hall–Kier alpha value is -1.61. The number of aliphatic hydroxyl groups excluding tert-OH is 1. The van der Waals surface area contributed by atoms with Gasteiger partial charge in [0.25, 0.3) is 0 Å². The van der Waals surface area contributed by atoms with Crippen LogP contribution in [-0.4, -0.2) is 23.7 Å². The molecule has 118 valence electrons. The first-order valence-electron chi connectivity index (χ1n) is 7.68. The summed E-state index contributed by atoms with van der Waals surface area (Å²) in [6.45, 7) is 6.78. The summed E-state index contributed by atoms with van der Waals surface area (Å²) in [5, 5.41) is 12.1. The minimum Gasteiger partial charge on any atom is -0.389 e. The molecule has 0 saturated carbocycles. The lowest BCUT2D eigenvalue weighted by Gasteiger charge is -2.03. The van der Waals surface area contributed by atoms with Crippen LogP contribution < -0.4 is 5.32 Å². The predicted octanol–water partition coefficient (Wildman–Crippen LogP) is 3.53. The molecule has 0 heterocycles. The van der Waals surface area contributed by atoms with Crippen LogP contribution in [0.3, 0.4) is 0 Å². The minimum absolute atomic E-state index is 0.0483. The van der Waals surface area contributed by atoms with Crippen LogP contribution in [0.1, 0.15) is 40.0 Å². The molecule has 0 aromatic carbocycles. The number of hydrogen-bond acceptors (Lipinski definition) is 2. The second kappa shape index (κ2) is 13.4. The molecule has 0 fully saturated rings. The monoisotopic (exact) mass is 291 g/mol. The third kappa shape index (κ3) is 14.6. The van der Waals surface area contributed by atoms with Crippen LogP contribution in [0, 0.1) is 5.92 Å². The molecule has 0 spiro atoms. The lowest BCUT2D eigenvalue weighted by molar-refractivity contribution is -0.116. The van der Waals surface area contributed by atoms with Crippen molar-refractivity contribution in [2.45, 2.75) is 46.1 Å². The molecule has 0 aliphatic heterocycles. The average Bonchev–Trinajstić information content (AvgIpc) is 2.46. The lowest BCUT2D eigenvalue weighted by Crippen LogP contribution is -2.25. The first-order valence-corrected chi connectivity index (χ1v) is 7.68. The highest BCUT2D eigenvalue weighted by molar-refractivity contribution is 5.87. The molecule has 0 bridgehead atoms. The van der Waals surface area contributed by atoms with Crippen LogP contribution in [0.4, 0.5) is 0 Å². The van der Waals surface area contributed by atoms with Crippen molar-refractivity contribution in [1.82, 2.24) is 5.32 Å². The van der Waals surface area contributed by atoms with E-state index in [9.17, 15) is 9.90 Å². The van der Waals surface area contributed by atoms with Crippen LogP contribution in [-0.2, 0) is 4.79 Å². The number of hydrogen-bond donors (Lipinski definition) is 2. The highest BCUT2D eigenvalue weighted by Gasteiger charge is 1.95. The van der Waals surface area contributed by atoms with Gasteiger partial charge >= 0.3 is 0 Å². The molecule has 0 aromatic heterocycles. The van der Waals surface area contributed by atoms with Gasteiger partial charge < -0.3 is 10.4 Å². The van der Waals surface area contributed by atoms with E-state index in [0.29, 0.717) is 12.5 Å². The van der Waals surface area contributed by atoms with Crippen molar-refractivity contribution in [3.8, 4) is 0 Å². The Kier molecular flexibility index (Phi) is 12.4. The summed E-state index contributed by atoms with van der Waals surface area (Å²) in [6.07, 6.45) is 17.1. The number of aliphatic hydroxyl groups is 1. The van der Waals surface area contributed by atoms with Gasteiger partial charge in [-0.1, -0.05) is 63.3 Å². The standard InChI is InChI=1S/C18H29NO2/c1-4-17(20)13-11-9-7-5-6-8-10-12-14-18(21)19-15-16(2)3/h7-14,16-17,20H,4-6,15H2,1-3H3,(H,19,21). The number of rotatable bonds is 10. The van der Waals surface area contributed by atoms with Crippen molar-refractivity contribution < 1.29 is 9.90 Å². The van der Waals surface area contributed by atoms with Crippen LogP contribution in [0.2, 0.25) is 0 Å². The van der Waals surface area contributed by atoms with Gasteiger partial charge in [-0.2, -0.15) is 0 Å². The van der Waals surface area contributed by atoms with Gasteiger partial charge in [-0.25, -0.2) is 0 Å². The van der Waals surface area contributed by atoms with Crippen molar-refractivity contribution >= 4 is 5.91 Å². The Balaban J connectivity index is 3.71. The van der Waals surface area contributed by atoms with Crippen molar-refractivity contribution in [3.05, 3.63) is 48.6 Å². The summed E-state index contributed by atoms with van der Waals surface area (Å²) >= 11 is 0. The highest BCUT2D eigenvalue weighted by Crippen LogP contribution is 1.96. The summed E-state index contributed by atoms with van der Waals surface area (Å²) in [7, 11) is 0. The average molecular weight is 291 g/mol. The van der Waals surface area contributed by atoms with Gasteiger partial charge in [-0.15, -0.1) is 0 Å². The molecule has 0 rings (SSSR count). The molecule has 0 aliphatic carbocycles. The summed E-state index contributed by atoms with van der Waals surface area (Å²) in [5.41, 5.74) is 0. The maximum Gasteiger partial charge on any atom is 0.243 e. The van der Waals surface area contributed by atoms with Gasteiger partial charge in [0, 0.05) is 12.6 Å². The molecule has 3 heteroatoms. The van der Waals surface area contributed by atoms with Gasteiger partial charge in [-0.3, -0.25) is 4.79 Å². The number of allylic oxidation sites excluding steroid dienone is 6. The van der Waals surface area contributed by atoms with E-state index >= 15 is 0 Å². The van der Waals surface area contributed by atoms with E-state index in [1.807, 2.05) is 31.2 Å². The number of carbonyl (C=O) groups is 1. The zero-order valence-electron chi connectivity index (χ0n) is 13.5. The van der Waals surface area contributed by atoms with E-state index in [2.05, 4.69) is 25.2 Å².